The van der Waals surface area contributed by atoms with Crippen molar-refractivity contribution in [2.75, 3.05) is 32.6 Å². The zero-order valence-electron chi connectivity index (χ0n) is 12.9. The van der Waals surface area contributed by atoms with Gasteiger partial charge in [0.1, 0.15) is 17.8 Å². The molecule has 0 radical (unpaired) electrons. The van der Waals surface area contributed by atoms with E-state index in [-0.39, 0.29) is 12.1 Å². The van der Waals surface area contributed by atoms with Crippen LogP contribution in [0.25, 0.3) is 11.0 Å². The Morgan fingerprint density at radius 1 is 1.45 bits per heavy atom. The van der Waals surface area contributed by atoms with Gasteiger partial charge in [0.2, 0.25) is 0 Å². The van der Waals surface area contributed by atoms with E-state index >= 15 is 0 Å². The largest absolute Gasteiger partial charge is 0.375 e. The molecule has 2 aromatic heterocycles. The van der Waals surface area contributed by atoms with Crippen LogP contribution in [0.5, 0.6) is 0 Å². The number of H-pyrrole nitrogens is 1. The number of hydrogen-bond acceptors (Lipinski definition) is 6. The third-order valence-electron chi connectivity index (χ3n) is 3.91. The van der Waals surface area contributed by atoms with Crippen LogP contribution in [-0.2, 0) is 4.74 Å². The lowest BCUT2D eigenvalue weighted by Crippen LogP contribution is -2.39. The van der Waals surface area contributed by atoms with Gasteiger partial charge in [-0.3, -0.25) is 4.79 Å². The van der Waals surface area contributed by atoms with Gasteiger partial charge >= 0.3 is 0 Å². The molecule has 118 valence electrons. The van der Waals surface area contributed by atoms with Crippen LogP contribution < -0.4 is 5.32 Å². The van der Waals surface area contributed by atoms with E-state index in [1.165, 1.54) is 6.33 Å². The molecule has 1 aliphatic rings. The average molecular weight is 303 g/mol. The van der Waals surface area contributed by atoms with E-state index in [0.717, 1.165) is 31.1 Å². The van der Waals surface area contributed by atoms with Crippen molar-refractivity contribution in [3.05, 3.63) is 18.1 Å². The van der Waals surface area contributed by atoms with E-state index in [1.807, 2.05) is 0 Å². The number of carbonyl (C=O) groups excluding carboxylic acids is 1. The maximum Gasteiger partial charge on any atom is 0.152 e. The molecule has 1 aliphatic heterocycles. The Hall–Kier alpha value is -1.99. The number of aromatic amines is 1. The molecule has 3 rings (SSSR count). The minimum Gasteiger partial charge on any atom is -0.375 e. The molecule has 2 aromatic rings. The van der Waals surface area contributed by atoms with Crippen molar-refractivity contribution in [2.45, 2.75) is 25.0 Å². The first-order valence-electron chi connectivity index (χ1n) is 7.47. The van der Waals surface area contributed by atoms with Crippen LogP contribution in [0.4, 0.5) is 5.82 Å². The summed E-state index contributed by atoms with van der Waals surface area (Å²) in [6, 6.07) is 0.200. The molecule has 0 aliphatic carbocycles. The van der Waals surface area contributed by atoms with E-state index in [0.29, 0.717) is 23.6 Å². The summed E-state index contributed by atoms with van der Waals surface area (Å²) >= 11 is 0. The number of nitrogens with one attached hydrogen (secondary N) is 2. The summed E-state index contributed by atoms with van der Waals surface area (Å²) in [5, 5.41) is 4.13. The zero-order valence-corrected chi connectivity index (χ0v) is 12.9. The summed E-state index contributed by atoms with van der Waals surface area (Å²) < 4.78 is 5.90. The van der Waals surface area contributed by atoms with E-state index in [2.05, 4.69) is 39.3 Å². The molecule has 7 nitrogen and oxygen atoms in total. The number of aromatic nitrogens is 3. The van der Waals surface area contributed by atoms with Gasteiger partial charge in [-0.2, -0.15) is 0 Å². The van der Waals surface area contributed by atoms with Gasteiger partial charge in [-0.1, -0.05) is 0 Å². The topological polar surface area (TPSA) is 83.1 Å². The molecule has 2 atom stereocenters. The van der Waals surface area contributed by atoms with E-state index in [9.17, 15) is 4.79 Å². The van der Waals surface area contributed by atoms with Crippen LogP contribution >= 0.6 is 0 Å². The van der Waals surface area contributed by atoms with Crippen LogP contribution in [0.3, 0.4) is 0 Å². The molecule has 2 N–H and O–H groups in total. The van der Waals surface area contributed by atoms with Crippen LogP contribution in [0.15, 0.2) is 12.5 Å². The molecule has 0 bridgehead atoms. The van der Waals surface area contributed by atoms with Crippen molar-refractivity contribution < 1.29 is 9.53 Å². The Morgan fingerprint density at radius 2 is 2.32 bits per heavy atom. The normalized spacial score (nSPS) is 22.1. The average Bonchev–Trinajstić information content (AvgIpc) is 2.93. The molecule has 0 saturated carbocycles. The van der Waals surface area contributed by atoms with E-state index in [1.54, 1.807) is 6.20 Å². The third-order valence-corrected chi connectivity index (χ3v) is 3.91. The second-order valence-corrected chi connectivity index (χ2v) is 5.94. The maximum absolute atomic E-state index is 11.1. The van der Waals surface area contributed by atoms with Crippen molar-refractivity contribution >= 4 is 23.1 Å². The van der Waals surface area contributed by atoms with Crippen LogP contribution in [0.1, 0.15) is 23.2 Å². The van der Waals surface area contributed by atoms with Crippen LogP contribution in [0, 0.1) is 0 Å². The summed E-state index contributed by atoms with van der Waals surface area (Å²) in [6.07, 6.45) is 6.28. The molecule has 3 heterocycles. The minimum atomic E-state index is 0.200. The Bertz CT molecular complexity index is 646. The molecular formula is C15H21N5O2. The lowest BCUT2D eigenvalue weighted by atomic mass is 10.0. The molecule has 0 aromatic carbocycles. The quantitative estimate of drug-likeness (QED) is 0.810. The van der Waals surface area contributed by atoms with E-state index in [4.69, 9.17) is 4.74 Å². The fraction of sp³-hybridized carbons (Fsp3) is 0.533. The van der Waals surface area contributed by atoms with Crippen molar-refractivity contribution in [2.24, 2.45) is 0 Å². The van der Waals surface area contributed by atoms with Gasteiger partial charge in [-0.15, -0.1) is 0 Å². The van der Waals surface area contributed by atoms with Gasteiger partial charge in [-0.05, 0) is 26.9 Å². The van der Waals surface area contributed by atoms with Gasteiger partial charge in [0, 0.05) is 18.3 Å². The van der Waals surface area contributed by atoms with Gasteiger partial charge in [0.25, 0.3) is 0 Å². The first-order chi connectivity index (χ1) is 10.7. The molecule has 7 heteroatoms. The molecule has 0 unspecified atom stereocenters. The predicted octanol–water partition coefficient (Wildman–Crippen LogP) is 1.29. The van der Waals surface area contributed by atoms with E-state index < -0.39 is 0 Å². The highest BCUT2D eigenvalue weighted by Gasteiger charge is 2.23. The summed E-state index contributed by atoms with van der Waals surface area (Å²) in [7, 11) is 4.11. The molecular weight excluding hydrogens is 282 g/mol. The molecule has 1 fully saturated rings. The standard InChI is InChI=1S/C15H21N5O2/c1-20(2)6-12-4-3-11(8-22-12)19-15-13-10(7-21)5-16-14(13)17-9-18-15/h5,7,9,11-12H,3-4,6,8H2,1-2H3,(H2,16,17,18,19)/t11-,12+/m1/s1. The predicted molar refractivity (Wildman–Crippen MR) is 84.2 cm³/mol. The van der Waals surface area contributed by atoms with Crippen LogP contribution in [0.2, 0.25) is 0 Å². The lowest BCUT2D eigenvalue weighted by molar-refractivity contribution is -0.00380. The lowest BCUT2D eigenvalue weighted by Gasteiger charge is -2.31. The van der Waals surface area contributed by atoms with Crippen molar-refractivity contribution in [3.63, 3.8) is 0 Å². The maximum atomic E-state index is 11.1. The highest BCUT2D eigenvalue weighted by atomic mass is 16.5. The highest BCUT2D eigenvalue weighted by molar-refractivity contribution is 6.01. The Labute approximate surface area is 129 Å². The number of anilines is 1. The molecule has 0 amide bonds. The number of aldehydes is 1. The summed E-state index contributed by atoms with van der Waals surface area (Å²) in [5.41, 5.74) is 1.24. The van der Waals surface area contributed by atoms with Crippen molar-refractivity contribution in [1.29, 1.82) is 0 Å². The smallest absolute Gasteiger partial charge is 0.152 e. The van der Waals surface area contributed by atoms with Gasteiger partial charge in [0.15, 0.2) is 6.29 Å². The number of ether oxygens (including phenoxy) is 1. The molecule has 1 saturated heterocycles. The first-order valence-corrected chi connectivity index (χ1v) is 7.47. The Morgan fingerprint density at radius 3 is 3.00 bits per heavy atom. The van der Waals surface area contributed by atoms with Gasteiger partial charge < -0.3 is 19.9 Å². The highest BCUT2D eigenvalue weighted by Crippen LogP contribution is 2.24. The summed E-state index contributed by atoms with van der Waals surface area (Å²) in [4.78, 5) is 24.7. The number of nitrogens with zero attached hydrogens (tertiary/aromatic N) is 3. The fourth-order valence-electron chi connectivity index (χ4n) is 2.85. The number of likely N-dealkylation sites (N-methyl/N-ethyl adjacent to an activating group) is 1. The monoisotopic (exact) mass is 303 g/mol. The Balaban J connectivity index is 1.70. The summed E-state index contributed by atoms with van der Waals surface area (Å²) in [5.74, 6) is 0.688. The van der Waals surface area contributed by atoms with Crippen molar-refractivity contribution in [3.8, 4) is 0 Å². The molecule has 22 heavy (non-hydrogen) atoms. The minimum absolute atomic E-state index is 0.200. The van der Waals surface area contributed by atoms with Gasteiger partial charge in [0.05, 0.1) is 24.1 Å². The fourth-order valence-corrected chi connectivity index (χ4v) is 2.85. The summed E-state index contributed by atoms with van der Waals surface area (Å²) in [6.45, 7) is 1.59. The first kappa shape index (κ1) is 14.9. The number of fused-ring (bicyclic) bond motifs is 1. The SMILES string of the molecule is CN(C)C[C@@H]1CC[C@@H](Nc2ncnc3[nH]cc(C=O)c23)CO1. The second kappa shape index (κ2) is 6.41. The third kappa shape index (κ3) is 3.10. The van der Waals surface area contributed by atoms with Crippen molar-refractivity contribution in [1.82, 2.24) is 19.9 Å². The number of carbonyl (C=O) groups is 1. The number of hydrogen-bond donors (Lipinski definition) is 2. The second-order valence-electron chi connectivity index (χ2n) is 5.94. The zero-order chi connectivity index (χ0) is 15.5. The van der Waals surface area contributed by atoms with Crippen LogP contribution in [-0.4, -0.2) is 65.5 Å². The number of rotatable bonds is 5. The van der Waals surface area contributed by atoms with Gasteiger partial charge in [-0.25, -0.2) is 9.97 Å². The molecule has 0 spiro atoms. The Kier molecular flexibility index (Phi) is 4.35.